The Morgan fingerprint density at radius 2 is 1.93 bits per heavy atom. The lowest BCUT2D eigenvalue weighted by Gasteiger charge is -2.30. The number of carbonyl (C=O) groups is 1. The fourth-order valence-corrected chi connectivity index (χ4v) is 4.82. The summed E-state index contributed by atoms with van der Waals surface area (Å²) in [5, 5.41) is 12.7. The van der Waals surface area contributed by atoms with Gasteiger partial charge in [0.05, 0.1) is 11.5 Å². The first kappa shape index (κ1) is 21.5. The van der Waals surface area contributed by atoms with Crippen LogP contribution in [0.1, 0.15) is 47.7 Å². The number of carbonyl (C=O) groups excluding carboxylic acids is 1. The van der Waals surface area contributed by atoms with Crippen molar-refractivity contribution in [2.24, 2.45) is 5.41 Å². The van der Waals surface area contributed by atoms with E-state index >= 15 is 0 Å². The molecule has 29 heavy (non-hydrogen) atoms. The van der Waals surface area contributed by atoms with Gasteiger partial charge in [0.1, 0.15) is 0 Å². The largest absolute Gasteiger partial charge is 0.396 e. The topological polar surface area (TPSA) is 95.5 Å². The molecule has 0 spiro atoms. The Bertz CT molecular complexity index is 976. The second kappa shape index (κ2) is 8.65. The Labute approximate surface area is 172 Å². The minimum absolute atomic E-state index is 0.00868. The minimum Gasteiger partial charge on any atom is -0.396 e. The predicted octanol–water partition coefficient (Wildman–Crippen LogP) is 2.75. The number of amides is 1. The highest BCUT2D eigenvalue weighted by Crippen LogP contribution is 2.37. The van der Waals surface area contributed by atoms with Gasteiger partial charge >= 0.3 is 0 Å². The SMILES string of the molecule is Cc1ccc(S(=O)(=O)NCc2ccccc2)cc1C(=O)N[C@@H]1CCC[C@@]1(C)CO. The first-order valence-electron chi connectivity index (χ1n) is 9.81. The van der Waals surface area contributed by atoms with Crippen LogP contribution in [-0.2, 0) is 16.6 Å². The van der Waals surface area contributed by atoms with Crippen molar-refractivity contribution in [3.63, 3.8) is 0 Å². The van der Waals surface area contributed by atoms with Crippen LogP contribution in [0.25, 0.3) is 0 Å². The second-order valence-electron chi connectivity index (χ2n) is 8.02. The highest BCUT2D eigenvalue weighted by atomic mass is 32.2. The van der Waals surface area contributed by atoms with E-state index in [0.29, 0.717) is 11.1 Å². The lowest BCUT2D eigenvalue weighted by Crippen LogP contribution is -2.45. The molecule has 2 atom stereocenters. The number of hydrogen-bond donors (Lipinski definition) is 3. The van der Waals surface area contributed by atoms with Crippen LogP contribution in [0.4, 0.5) is 0 Å². The predicted molar refractivity (Wildman–Crippen MR) is 112 cm³/mol. The van der Waals surface area contributed by atoms with E-state index in [9.17, 15) is 18.3 Å². The monoisotopic (exact) mass is 416 g/mol. The van der Waals surface area contributed by atoms with E-state index in [1.165, 1.54) is 12.1 Å². The van der Waals surface area contributed by atoms with Crippen LogP contribution in [-0.4, -0.2) is 32.1 Å². The van der Waals surface area contributed by atoms with Crippen LogP contribution >= 0.6 is 0 Å². The Morgan fingerprint density at radius 1 is 1.21 bits per heavy atom. The van der Waals surface area contributed by atoms with Crippen molar-refractivity contribution in [1.82, 2.24) is 10.0 Å². The smallest absolute Gasteiger partial charge is 0.251 e. The van der Waals surface area contributed by atoms with Gasteiger partial charge in [-0.2, -0.15) is 0 Å². The van der Waals surface area contributed by atoms with Gasteiger partial charge in [0, 0.05) is 23.6 Å². The quantitative estimate of drug-likeness (QED) is 0.647. The van der Waals surface area contributed by atoms with Gasteiger partial charge < -0.3 is 10.4 Å². The molecule has 0 unspecified atom stereocenters. The van der Waals surface area contributed by atoms with Crippen molar-refractivity contribution in [2.45, 2.75) is 50.6 Å². The van der Waals surface area contributed by atoms with E-state index in [-0.39, 0.29) is 35.4 Å². The molecule has 0 saturated heterocycles. The van der Waals surface area contributed by atoms with Crippen LogP contribution in [0, 0.1) is 12.3 Å². The summed E-state index contributed by atoms with van der Waals surface area (Å²) in [6.07, 6.45) is 2.60. The van der Waals surface area contributed by atoms with Crippen molar-refractivity contribution in [3.05, 3.63) is 65.2 Å². The van der Waals surface area contributed by atoms with Gasteiger partial charge in [0.25, 0.3) is 5.91 Å². The summed E-state index contributed by atoms with van der Waals surface area (Å²) in [4.78, 5) is 12.9. The average molecular weight is 417 g/mol. The average Bonchev–Trinajstić information content (AvgIpc) is 3.08. The van der Waals surface area contributed by atoms with E-state index in [1.807, 2.05) is 37.3 Å². The van der Waals surface area contributed by atoms with Gasteiger partial charge in [-0.25, -0.2) is 13.1 Å². The minimum atomic E-state index is -3.76. The molecule has 0 bridgehead atoms. The molecular weight excluding hydrogens is 388 g/mol. The third-order valence-electron chi connectivity index (χ3n) is 5.82. The number of sulfonamides is 1. The summed E-state index contributed by atoms with van der Waals surface area (Å²) < 4.78 is 28.0. The number of benzene rings is 2. The molecule has 1 fully saturated rings. The third-order valence-corrected chi connectivity index (χ3v) is 7.22. The molecular formula is C22H28N2O4S. The molecule has 0 aliphatic heterocycles. The van der Waals surface area contributed by atoms with Crippen LogP contribution < -0.4 is 10.0 Å². The molecule has 1 saturated carbocycles. The maximum atomic E-state index is 12.9. The van der Waals surface area contributed by atoms with Gasteiger partial charge in [-0.3, -0.25) is 4.79 Å². The van der Waals surface area contributed by atoms with Gasteiger partial charge in [-0.1, -0.05) is 49.7 Å². The molecule has 156 valence electrons. The number of nitrogens with one attached hydrogen (secondary N) is 2. The zero-order valence-corrected chi connectivity index (χ0v) is 17.6. The molecule has 6 nitrogen and oxygen atoms in total. The maximum absolute atomic E-state index is 12.9. The summed E-state index contributed by atoms with van der Waals surface area (Å²) in [6.45, 7) is 3.93. The Balaban J connectivity index is 1.77. The number of rotatable bonds is 7. The third kappa shape index (κ3) is 4.86. The molecule has 0 heterocycles. The van der Waals surface area contributed by atoms with Crippen LogP contribution in [0.3, 0.4) is 0 Å². The van der Waals surface area contributed by atoms with Gasteiger partial charge in [-0.15, -0.1) is 0 Å². The first-order valence-corrected chi connectivity index (χ1v) is 11.3. The van der Waals surface area contributed by atoms with Crippen molar-refractivity contribution in [1.29, 1.82) is 0 Å². The zero-order valence-electron chi connectivity index (χ0n) is 16.8. The number of aliphatic hydroxyl groups excluding tert-OH is 1. The standard InChI is InChI=1S/C22H28N2O4S/c1-16-10-11-18(29(27,28)23-14-17-7-4-3-5-8-17)13-19(16)21(26)24-20-9-6-12-22(20,2)15-25/h3-5,7-8,10-11,13,20,23,25H,6,9,12,14-15H2,1-2H3,(H,24,26)/t20-,22+/m1/s1. The summed E-state index contributed by atoms with van der Waals surface area (Å²) in [5.74, 6) is -0.311. The maximum Gasteiger partial charge on any atom is 0.251 e. The lowest BCUT2D eigenvalue weighted by molar-refractivity contribution is 0.0830. The van der Waals surface area contributed by atoms with Crippen molar-refractivity contribution in [2.75, 3.05) is 6.61 Å². The van der Waals surface area contributed by atoms with E-state index in [1.54, 1.807) is 13.0 Å². The Kier molecular flexibility index (Phi) is 6.41. The van der Waals surface area contributed by atoms with E-state index in [0.717, 1.165) is 24.8 Å². The first-order chi connectivity index (χ1) is 13.7. The zero-order chi connectivity index (χ0) is 21.1. The molecule has 3 rings (SSSR count). The van der Waals surface area contributed by atoms with Crippen LogP contribution in [0.2, 0.25) is 0 Å². The summed E-state index contributed by atoms with van der Waals surface area (Å²) >= 11 is 0. The van der Waals surface area contributed by atoms with Crippen LogP contribution in [0.5, 0.6) is 0 Å². The van der Waals surface area contributed by atoms with Gasteiger partial charge in [0.2, 0.25) is 10.0 Å². The van der Waals surface area contributed by atoms with E-state index in [2.05, 4.69) is 10.0 Å². The molecule has 1 aliphatic carbocycles. The fraction of sp³-hybridized carbons (Fsp3) is 0.409. The summed E-state index contributed by atoms with van der Waals surface area (Å²) in [5.41, 5.74) is 1.54. The molecule has 1 aliphatic rings. The number of hydrogen-bond acceptors (Lipinski definition) is 4. The molecule has 2 aromatic rings. The van der Waals surface area contributed by atoms with Crippen LogP contribution in [0.15, 0.2) is 53.4 Å². The van der Waals surface area contributed by atoms with Crippen molar-refractivity contribution < 1.29 is 18.3 Å². The van der Waals surface area contributed by atoms with E-state index < -0.39 is 10.0 Å². The molecule has 2 aromatic carbocycles. The Hall–Kier alpha value is -2.22. The second-order valence-corrected chi connectivity index (χ2v) is 9.78. The Morgan fingerprint density at radius 3 is 2.62 bits per heavy atom. The van der Waals surface area contributed by atoms with Gasteiger partial charge in [-0.05, 0) is 43.0 Å². The van der Waals surface area contributed by atoms with Gasteiger partial charge in [0.15, 0.2) is 0 Å². The molecule has 0 aromatic heterocycles. The number of aryl methyl sites for hydroxylation is 1. The molecule has 7 heteroatoms. The van der Waals surface area contributed by atoms with Crippen molar-refractivity contribution >= 4 is 15.9 Å². The summed E-state index contributed by atoms with van der Waals surface area (Å²) in [7, 11) is -3.76. The van der Waals surface area contributed by atoms with E-state index in [4.69, 9.17) is 0 Å². The molecule has 1 amide bonds. The molecule has 3 N–H and O–H groups in total. The normalized spacial score (nSPS) is 21.8. The lowest BCUT2D eigenvalue weighted by atomic mass is 9.85. The highest BCUT2D eigenvalue weighted by molar-refractivity contribution is 7.89. The fourth-order valence-electron chi connectivity index (χ4n) is 3.77. The number of aliphatic hydroxyl groups is 1. The van der Waals surface area contributed by atoms with Crippen molar-refractivity contribution in [3.8, 4) is 0 Å². The highest BCUT2D eigenvalue weighted by Gasteiger charge is 2.39. The summed E-state index contributed by atoms with van der Waals surface area (Å²) in [6, 6.07) is 13.7. The molecule has 0 radical (unpaired) electrons.